The number of aryl methyl sites for hydroxylation is 1. The van der Waals surface area contributed by atoms with Crippen LogP contribution in [0.3, 0.4) is 0 Å². The van der Waals surface area contributed by atoms with Gasteiger partial charge in [0.2, 0.25) is 0 Å². The fourth-order valence-electron chi connectivity index (χ4n) is 3.22. The van der Waals surface area contributed by atoms with Crippen molar-refractivity contribution in [3.05, 3.63) is 72.3 Å². The molecular weight excluding hydrogens is 388 g/mol. The first-order valence-corrected chi connectivity index (χ1v) is 10.4. The van der Waals surface area contributed by atoms with E-state index in [1.54, 1.807) is 67.8 Å². The largest absolute Gasteiger partial charge is 0.493 e. The minimum atomic E-state index is -3.87. The maximum Gasteiger partial charge on any atom is 0.269 e. The Balaban J connectivity index is 2.01. The van der Waals surface area contributed by atoms with E-state index in [0.29, 0.717) is 33.9 Å². The quantitative estimate of drug-likeness (QED) is 0.493. The molecule has 0 spiro atoms. The van der Waals surface area contributed by atoms with E-state index in [-0.39, 0.29) is 4.90 Å². The van der Waals surface area contributed by atoms with Crippen LogP contribution < -0.4 is 9.47 Å². The molecule has 4 aromatic rings. The summed E-state index contributed by atoms with van der Waals surface area (Å²) in [7, 11) is -0.785. The Morgan fingerprint density at radius 3 is 2.24 bits per heavy atom. The first-order chi connectivity index (χ1) is 14.0. The van der Waals surface area contributed by atoms with Crippen LogP contribution in [0, 0.1) is 6.92 Å². The molecule has 6 nitrogen and oxygen atoms in total. The van der Waals surface area contributed by atoms with Crippen LogP contribution in [0.2, 0.25) is 0 Å². The summed E-state index contributed by atoms with van der Waals surface area (Å²) in [4.78, 5) is 4.81. The molecule has 0 aliphatic carbocycles. The molecule has 0 N–H and O–H groups in total. The fraction of sp³-hybridized carbons (Fsp3) is 0.136. The van der Waals surface area contributed by atoms with Gasteiger partial charge in [-0.3, -0.25) is 0 Å². The smallest absolute Gasteiger partial charge is 0.269 e. The van der Waals surface area contributed by atoms with Gasteiger partial charge in [-0.1, -0.05) is 29.8 Å². The van der Waals surface area contributed by atoms with Crippen LogP contribution in [0.4, 0.5) is 0 Å². The monoisotopic (exact) mass is 408 g/mol. The van der Waals surface area contributed by atoms with Gasteiger partial charge in [-0.25, -0.2) is 17.4 Å². The maximum atomic E-state index is 13.6. The summed E-state index contributed by atoms with van der Waals surface area (Å²) >= 11 is 0. The number of hydrogen-bond donors (Lipinski definition) is 0. The van der Waals surface area contributed by atoms with Gasteiger partial charge < -0.3 is 9.47 Å². The van der Waals surface area contributed by atoms with Crippen LogP contribution >= 0.6 is 0 Å². The van der Waals surface area contributed by atoms with Crippen molar-refractivity contribution in [3.8, 4) is 22.9 Å². The number of ether oxygens (including phenoxy) is 2. The maximum absolute atomic E-state index is 13.6. The lowest BCUT2D eigenvalue weighted by atomic mass is 10.2. The predicted molar refractivity (Wildman–Crippen MR) is 112 cm³/mol. The highest BCUT2D eigenvalue weighted by atomic mass is 32.2. The molecule has 0 saturated carbocycles. The van der Waals surface area contributed by atoms with Gasteiger partial charge in [0, 0.05) is 5.56 Å². The molecule has 1 aromatic heterocycles. The van der Waals surface area contributed by atoms with Gasteiger partial charge in [0.05, 0.1) is 30.1 Å². The van der Waals surface area contributed by atoms with E-state index in [2.05, 4.69) is 4.98 Å². The van der Waals surface area contributed by atoms with Crippen LogP contribution in [-0.4, -0.2) is 31.6 Å². The lowest BCUT2D eigenvalue weighted by Crippen LogP contribution is -2.14. The summed E-state index contributed by atoms with van der Waals surface area (Å²) < 4.78 is 39.1. The second-order valence-electron chi connectivity index (χ2n) is 6.58. The van der Waals surface area contributed by atoms with Gasteiger partial charge in [0.25, 0.3) is 10.0 Å². The number of benzene rings is 3. The van der Waals surface area contributed by atoms with E-state index < -0.39 is 10.0 Å². The molecule has 0 fully saturated rings. The standard InChI is InChI=1S/C22H20N2O4S/c1-15-8-11-17(12-9-15)29(25,26)24-19-7-5-4-6-18(19)23-22(24)16-10-13-20(27-2)21(14-16)28-3/h4-14H,1-3H3. The summed E-state index contributed by atoms with van der Waals surface area (Å²) in [5.41, 5.74) is 2.69. The number of hydrogen-bond acceptors (Lipinski definition) is 5. The van der Waals surface area contributed by atoms with Crippen LogP contribution in [0.25, 0.3) is 22.4 Å². The Morgan fingerprint density at radius 1 is 0.862 bits per heavy atom. The number of methoxy groups -OCH3 is 2. The third kappa shape index (κ3) is 3.23. The molecule has 0 atom stereocenters. The van der Waals surface area contributed by atoms with Gasteiger partial charge in [-0.15, -0.1) is 0 Å². The normalized spacial score (nSPS) is 11.6. The molecule has 0 bridgehead atoms. The van der Waals surface area contributed by atoms with E-state index in [0.717, 1.165) is 5.56 Å². The predicted octanol–water partition coefficient (Wildman–Crippen LogP) is 4.27. The Morgan fingerprint density at radius 2 is 1.55 bits per heavy atom. The second kappa shape index (κ2) is 7.25. The molecule has 29 heavy (non-hydrogen) atoms. The van der Waals surface area contributed by atoms with Gasteiger partial charge in [-0.2, -0.15) is 0 Å². The van der Waals surface area contributed by atoms with Crippen molar-refractivity contribution < 1.29 is 17.9 Å². The lowest BCUT2D eigenvalue weighted by Gasteiger charge is -2.13. The van der Waals surface area contributed by atoms with Crippen molar-refractivity contribution >= 4 is 21.1 Å². The molecule has 0 radical (unpaired) electrons. The minimum Gasteiger partial charge on any atom is -0.493 e. The third-order valence-corrected chi connectivity index (χ3v) is 6.44. The third-order valence-electron chi connectivity index (χ3n) is 4.72. The van der Waals surface area contributed by atoms with Crippen LogP contribution in [0.1, 0.15) is 5.56 Å². The van der Waals surface area contributed by atoms with Gasteiger partial charge >= 0.3 is 0 Å². The summed E-state index contributed by atoms with van der Waals surface area (Å²) in [6, 6.07) is 19.2. The molecule has 0 unspecified atom stereocenters. The molecule has 0 saturated heterocycles. The fourth-order valence-corrected chi connectivity index (χ4v) is 4.70. The molecule has 4 rings (SSSR count). The van der Waals surface area contributed by atoms with Gasteiger partial charge in [0.15, 0.2) is 17.3 Å². The highest BCUT2D eigenvalue weighted by Gasteiger charge is 2.25. The van der Waals surface area contributed by atoms with Crippen LogP contribution in [0.5, 0.6) is 11.5 Å². The summed E-state index contributed by atoms with van der Waals surface area (Å²) in [6.45, 7) is 1.91. The van der Waals surface area contributed by atoms with Crippen molar-refractivity contribution in [1.82, 2.24) is 8.96 Å². The molecular formula is C22H20N2O4S. The summed E-state index contributed by atoms with van der Waals surface area (Å²) in [5, 5.41) is 0. The Hall–Kier alpha value is -3.32. The zero-order valence-corrected chi connectivity index (χ0v) is 17.1. The van der Waals surface area contributed by atoms with E-state index >= 15 is 0 Å². The highest BCUT2D eigenvalue weighted by Crippen LogP contribution is 2.35. The number of nitrogens with zero attached hydrogens (tertiary/aromatic N) is 2. The number of rotatable bonds is 5. The molecule has 1 heterocycles. The molecule has 0 amide bonds. The highest BCUT2D eigenvalue weighted by molar-refractivity contribution is 7.90. The van der Waals surface area contributed by atoms with E-state index in [4.69, 9.17) is 9.47 Å². The molecule has 7 heteroatoms. The van der Waals surface area contributed by atoms with Crippen LogP contribution in [0.15, 0.2) is 71.6 Å². The summed E-state index contributed by atoms with van der Waals surface area (Å²) in [6.07, 6.45) is 0. The Labute approximate surface area is 169 Å². The lowest BCUT2D eigenvalue weighted by molar-refractivity contribution is 0.355. The minimum absolute atomic E-state index is 0.202. The number of aromatic nitrogens is 2. The average Bonchev–Trinajstić information content (AvgIpc) is 3.14. The number of fused-ring (bicyclic) bond motifs is 1. The van der Waals surface area contributed by atoms with Crippen molar-refractivity contribution in [2.45, 2.75) is 11.8 Å². The molecule has 148 valence electrons. The summed E-state index contributed by atoms with van der Waals surface area (Å²) in [5.74, 6) is 1.37. The zero-order chi connectivity index (χ0) is 20.6. The average molecular weight is 408 g/mol. The SMILES string of the molecule is COc1ccc(-c2nc3ccccc3n2S(=O)(=O)c2ccc(C)cc2)cc1OC. The first-order valence-electron chi connectivity index (χ1n) is 8.98. The number of para-hydroxylation sites is 2. The van der Waals surface area contributed by atoms with Gasteiger partial charge in [0.1, 0.15) is 0 Å². The van der Waals surface area contributed by atoms with E-state index in [1.807, 2.05) is 13.0 Å². The zero-order valence-electron chi connectivity index (χ0n) is 16.3. The van der Waals surface area contributed by atoms with Crippen molar-refractivity contribution in [2.75, 3.05) is 14.2 Å². The van der Waals surface area contributed by atoms with Gasteiger partial charge in [-0.05, 0) is 49.4 Å². The van der Waals surface area contributed by atoms with E-state index in [1.165, 1.54) is 11.1 Å². The van der Waals surface area contributed by atoms with E-state index in [9.17, 15) is 8.42 Å². The van der Waals surface area contributed by atoms with Crippen molar-refractivity contribution in [1.29, 1.82) is 0 Å². The first kappa shape index (κ1) is 19.0. The number of imidazole rings is 1. The van der Waals surface area contributed by atoms with Crippen molar-refractivity contribution in [2.24, 2.45) is 0 Å². The Bertz CT molecular complexity index is 1290. The van der Waals surface area contributed by atoms with Crippen LogP contribution in [-0.2, 0) is 10.0 Å². The Kier molecular flexibility index (Phi) is 4.76. The molecule has 0 aliphatic rings. The molecule has 0 aliphatic heterocycles. The van der Waals surface area contributed by atoms with Crippen molar-refractivity contribution in [3.63, 3.8) is 0 Å². The second-order valence-corrected chi connectivity index (χ2v) is 8.36. The topological polar surface area (TPSA) is 70.4 Å². The molecule has 3 aromatic carbocycles.